The van der Waals surface area contributed by atoms with E-state index in [-0.39, 0.29) is 0 Å². The largest absolute Gasteiger partial charge is 0.381 e. The Bertz CT molecular complexity index is 413. The number of halogens is 2. The summed E-state index contributed by atoms with van der Waals surface area (Å²) in [6.07, 6.45) is 0.595. The molecule has 0 spiro atoms. The van der Waals surface area contributed by atoms with Crippen molar-refractivity contribution in [2.75, 3.05) is 6.54 Å². The first-order valence-electron chi connectivity index (χ1n) is 5.25. The van der Waals surface area contributed by atoms with E-state index in [1.807, 2.05) is 6.07 Å². The van der Waals surface area contributed by atoms with Crippen molar-refractivity contribution in [1.29, 1.82) is 0 Å². The fourth-order valence-electron chi connectivity index (χ4n) is 1.25. The van der Waals surface area contributed by atoms with Crippen LogP contribution in [0.5, 0.6) is 0 Å². The Balaban J connectivity index is 2.49. The zero-order chi connectivity index (χ0) is 13.1. The lowest BCUT2D eigenvalue weighted by molar-refractivity contribution is -0.136. The van der Waals surface area contributed by atoms with Crippen LogP contribution >= 0.6 is 23.2 Å². The molecule has 0 radical (unpaired) electrons. The molecular formula is C12H15Cl2NO2. The Morgan fingerprint density at radius 3 is 2.59 bits per heavy atom. The normalized spacial score (nSPS) is 11.4. The van der Waals surface area contributed by atoms with Gasteiger partial charge in [-0.3, -0.25) is 4.79 Å². The molecule has 5 heteroatoms. The molecule has 0 aliphatic heterocycles. The number of carbonyl (C=O) groups excluding carboxylic acids is 1. The lowest BCUT2D eigenvalue weighted by Crippen LogP contribution is -2.42. The zero-order valence-corrected chi connectivity index (χ0v) is 11.3. The number of carbonyl (C=O) groups is 1. The van der Waals surface area contributed by atoms with Crippen molar-refractivity contribution in [1.82, 2.24) is 5.32 Å². The molecule has 2 N–H and O–H groups in total. The molecule has 0 aliphatic carbocycles. The van der Waals surface area contributed by atoms with Gasteiger partial charge in [-0.2, -0.15) is 0 Å². The first-order chi connectivity index (χ1) is 7.80. The van der Waals surface area contributed by atoms with Crippen LogP contribution < -0.4 is 5.32 Å². The van der Waals surface area contributed by atoms with E-state index in [4.69, 9.17) is 23.2 Å². The Labute approximate surface area is 111 Å². The number of hydrogen-bond donors (Lipinski definition) is 2. The molecule has 3 nitrogen and oxygen atoms in total. The number of benzene rings is 1. The summed E-state index contributed by atoms with van der Waals surface area (Å²) >= 11 is 11.8. The molecule has 1 aromatic carbocycles. The van der Waals surface area contributed by atoms with Crippen molar-refractivity contribution < 1.29 is 9.90 Å². The van der Waals surface area contributed by atoms with E-state index < -0.39 is 11.5 Å². The molecule has 0 unspecified atom stereocenters. The van der Waals surface area contributed by atoms with Gasteiger partial charge in [0.25, 0.3) is 5.91 Å². The third-order valence-electron chi connectivity index (χ3n) is 2.25. The average Bonchev–Trinajstić information content (AvgIpc) is 2.19. The summed E-state index contributed by atoms with van der Waals surface area (Å²) < 4.78 is 0. The van der Waals surface area contributed by atoms with E-state index >= 15 is 0 Å². The number of aliphatic hydroxyl groups is 1. The third kappa shape index (κ3) is 4.54. The quantitative estimate of drug-likeness (QED) is 0.887. The summed E-state index contributed by atoms with van der Waals surface area (Å²) in [6.45, 7) is 3.30. The SMILES string of the molecule is CC(C)(O)C(=O)NCCc1ccc(Cl)cc1Cl. The van der Waals surface area contributed by atoms with Gasteiger partial charge in [-0.15, -0.1) is 0 Å². The Hall–Kier alpha value is -0.770. The molecule has 0 aromatic heterocycles. The van der Waals surface area contributed by atoms with Gasteiger partial charge in [0.1, 0.15) is 5.60 Å². The highest BCUT2D eigenvalue weighted by Crippen LogP contribution is 2.21. The summed E-state index contributed by atoms with van der Waals surface area (Å²) in [5.41, 5.74) is -0.448. The van der Waals surface area contributed by atoms with Crippen LogP contribution in [-0.4, -0.2) is 23.2 Å². The molecule has 1 rings (SSSR count). The van der Waals surface area contributed by atoms with Crippen molar-refractivity contribution in [3.05, 3.63) is 33.8 Å². The number of amides is 1. The van der Waals surface area contributed by atoms with Crippen molar-refractivity contribution in [2.24, 2.45) is 0 Å². The second-order valence-corrected chi connectivity index (χ2v) is 5.14. The van der Waals surface area contributed by atoms with Crippen molar-refractivity contribution in [3.8, 4) is 0 Å². The Kier molecular flexibility index (Phi) is 4.80. The minimum absolute atomic E-state index is 0.400. The monoisotopic (exact) mass is 275 g/mol. The number of nitrogens with one attached hydrogen (secondary N) is 1. The molecular weight excluding hydrogens is 261 g/mol. The minimum Gasteiger partial charge on any atom is -0.381 e. The standard InChI is InChI=1S/C12H15Cl2NO2/c1-12(2,17)11(16)15-6-5-8-3-4-9(13)7-10(8)14/h3-4,7,17H,5-6H2,1-2H3,(H,15,16). The lowest BCUT2D eigenvalue weighted by atomic mass is 10.1. The van der Waals surface area contributed by atoms with Crippen molar-refractivity contribution in [3.63, 3.8) is 0 Å². The predicted molar refractivity (Wildman–Crippen MR) is 69.5 cm³/mol. The highest BCUT2D eigenvalue weighted by atomic mass is 35.5. The topological polar surface area (TPSA) is 49.3 Å². The van der Waals surface area contributed by atoms with Gasteiger partial charge >= 0.3 is 0 Å². The summed E-state index contributed by atoms with van der Waals surface area (Å²) in [5.74, 6) is -0.400. The van der Waals surface area contributed by atoms with Gasteiger partial charge in [0, 0.05) is 16.6 Å². The highest BCUT2D eigenvalue weighted by molar-refractivity contribution is 6.35. The molecule has 0 fully saturated rings. The maximum absolute atomic E-state index is 11.4. The maximum Gasteiger partial charge on any atom is 0.251 e. The molecule has 94 valence electrons. The van der Waals surface area contributed by atoms with Crippen LogP contribution in [0.25, 0.3) is 0 Å². The van der Waals surface area contributed by atoms with Gasteiger partial charge < -0.3 is 10.4 Å². The first kappa shape index (κ1) is 14.3. The molecule has 0 saturated heterocycles. The first-order valence-corrected chi connectivity index (χ1v) is 6.01. The molecule has 1 amide bonds. The Morgan fingerprint density at radius 1 is 1.41 bits per heavy atom. The smallest absolute Gasteiger partial charge is 0.251 e. The highest BCUT2D eigenvalue weighted by Gasteiger charge is 2.22. The van der Waals surface area contributed by atoms with Crippen LogP contribution in [-0.2, 0) is 11.2 Å². The van der Waals surface area contributed by atoms with Gasteiger partial charge in [-0.05, 0) is 38.0 Å². The van der Waals surface area contributed by atoms with Gasteiger partial charge in [0.15, 0.2) is 0 Å². The van der Waals surface area contributed by atoms with E-state index in [9.17, 15) is 9.90 Å². The summed E-state index contributed by atoms with van der Waals surface area (Å²) in [5, 5.41) is 13.2. The second-order valence-electron chi connectivity index (χ2n) is 4.30. The summed E-state index contributed by atoms with van der Waals surface area (Å²) in [4.78, 5) is 11.4. The van der Waals surface area contributed by atoms with Crippen molar-refractivity contribution in [2.45, 2.75) is 25.9 Å². The maximum atomic E-state index is 11.4. The summed E-state index contributed by atoms with van der Waals surface area (Å²) in [6, 6.07) is 5.23. The van der Waals surface area contributed by atoms with Gasteiger partial charge in [0.05, 0.1) is 0 Å². The van der Waals surface area contributed by atoms with E-state index in [1.165, 1.54) is 13.8 Å². The fraction of sp³-hybridized carbons (Fsp3) is 0.417. The lowest BCUT2D eigenvalue weighted by Gasteiger charge is -2.16. The Morgan fingerprint density at radius 2 is 2.06 bits per heavy atom. The molecule has 0 atom stereocenters. The van der Waals surface area contributed by atoms with Crippen molar-refractivity contribution >= 4 is 29.1 Å². The predicted octanol–water partition coefficient (Wildman–Crippen LogP) is 2.42. The van der Waals surface area contributed by atoms with Crippen LogP contribution in [0, 0.1) is 0 Å². The second kappa shape index (κ2) is 5.71. The summed E-state index contributed by atoms with van der Waals surface area (Å²) in [7, 11) is 0. The van der Waals surface area contributed by atoms with Gasteiger partial charge in [-0.1, -0.05) is 29.3 Å². The fourth-order valence-corrected chi connectivity index (χ4v) is 1.75. The van der Waals surface area contributed by atoms with Crippen LogP contribution in [0.4, 0.5) is 0 Å². The number of hydrogen-bond acceptors (Lipinski definition) is 2. The molecule has 1 aromatic rings. The average molecular weight is 276 g/mol. The molecule has 0 saturated carbocycles. The molecule has 0 heterocycles. The third-order valence-corrected chi connectivity index (χ3v) is 2.84. The van der Waals surface area contributed by atoms with Crippen LogP contribution in [0.1, 0.15) is 19.4 Å². The number of rotatable bonds is 4. The molecule has 0 aliphatic rings. The van der Waals surface area contributed by atoms with E-state index in [2.05, 4.69) is 5.32 Å². The van der Waals surface area contributed by atoms with E-state index in [1.54, 1.807) is 12.1 Å². The van der Waals surface area contributed by atoms with E-state index in [0.717, 1.165) is 5.56 Å². The van der Waals surface area contributed by atoms with Crippen LogP contribution in [0.2, 0.25) is 10.0 Å². The van der Waals surface area contributed by atoms with Crippen LogP contribution in [0.15, 0.2) is 18.2 Å². The van der Waals surface area contributed by atoms with Gasteiger partial charge in [0.2, 0.25) is 0 Å². The molecule has 0 bridgehead atoms. The minimum atomic E-state index is -1.36. The van der Waals surface area contributed by atoms with Gasteiger partial charge in [-0.25, -0.2) is 0 Å². The van der Waals surface area contributed by atoms with E-state index in [0.29, 0.717) is 23.0 Å². The molecule has 17 heavy (non-hydrogen) atoms. The zero-order valence-electron chi connectivity index (χ0n) is 9.76. The van der Waals surface area contributed by atoms with Crippen LogP contribution in [0.3, 0.4) is 0 Å².